The van der Waals surface area contributed by atoms with Gasteiger partial charge in [0.2, 0.25) is 0 Å². The fourth-order valence-corrected chi connectivity index (χ4v) is 7.01. The molecule has 0 spiro atoms. The molecule has 1 N–H and O–H groups in total. The molecule has 1 amide bonds. The van der Waals surface area contributed by atoms with Gasteiger partial charge in [0.25, 0.3) is 0 Å². The monoisotopic (exact) mass is 606 g/mol. The highest BCUT2D eigenvalue weighted by Gasteiger charge is 2.44. The van der Waals surface area contributed by atoms with E-state index >= 15 is 0 Å². The van der Waals surface area contributed by atoms with E-state index in [1.807, 2.05) is 58.2 Å². The highest BCUT2D eigenvalue weighted by Crippen LogP contribution is 2.38. The second kappa shape index (κ2) is 15.2. The minimum Gasteiger partial charge on any atom is -0.466 e. The van der Waals surface area contributed by atoms with Gasteiger partial charge >= 0.3 is 18.0 Å². The van der Waals surface area contributed by atoms with Gasteiger partial charge in [-0.25, -0.2) is 4.79 Å². The lowest BCUT2D eigenvalue weighted by molar-refractivity contribution is -0.158. The van der Waals surface area contributed by atoms with Gasteiger partial charge in [-0.1, -0.05) is 12.1 Å². The highest BCUT2D eigenvalue weighted by molar-refractivity contribution is 7.10. The lowest BCUT2D eigenvalue weighted by atomic mass is 9.75. The van der Waals surface area contributed by atoms with E-state index in [-0.39, 0.29) is 23.4 Å². The standard InChI is InChI=1S/C18H27NO4S.C13H19NO2S/c1-5-22-15(20)18(13-14-7-6-12-24-14)8-10-19(11-9-18)16(21)23-17(2,3)4;1-2-16-12(15)13(5-7-14-8-6-13)10-11-4-3-9-17-11/h6-7,12H,5,8-11,13H2,1-4H3;3-4,9,14H,2,5-8,10H2,1H3. The average Bonchev–Trinajstić information content (AvgIpc) is 3.64. The minimum atomic E-state index is -0.542. The second-order valence-corrected chi connectivity index (χ2v) is 13.8. The number of thiophene rings is 2. The predicted molar refractivity (Wildman–Crippen MR) is 163 cm³/mol. The molecule has 0 unspecified atom stereocenters. The van der Waals surface area contributed by atoms with Crippen molar-refractivity contribution in [2.24, 2.45) is 10.8 Å². The van der Waals surface area contributed by atoms with Gasteiger partial charge in [-0.2, -0.15) is 0 Å². The number of hydrogen-bond acceptors (Lipinski definition) is 9. The molecule has 0 aromatic carbocycles. The summed E-state index contributed by atoms with van der Waals surface area (Å²) >= 11 is 3.37. The summed E-state index contributed by atoms with van der Waals surface area (Å²) in [5.74, 6) is -0.169. The molecule has 228 valence electrons. The van der Waals surface area contributed by atoms with Crippen LogP contribution in [0.1, 0.15) is 70.1 Å². The Hall–Kier alpha value is -2.43. The van der Waals surface area contributed by atoms with Crippen LogP contribution in [-0.4, -0.2) is 67.9 Å². The van der Waals surface area contributed by atoms with E-state index in [9.17, 15) is 14.4 Å². The number of nitrogens with zero attached hydrogens (tertiary/aromatic N) is 1. The molecule has 2 aromatic heterocycles. The van der Waals surface area contributed by atoms with E-state index in [4.69, 9.17) is 14.2 Å². The zero-order chi connectivity index (χ0) is 29.9. The first-order chi connectivity index (χ1) is 19.5. The van der Waals surface area contributed by atoms with Gasteiger partial charge in [0, 0.05) is 22.8 Å². The summed E-state index contributed by atoms with van der Waals surface area (Å²) in [6, 6.07) is 8.19. The van der Waals surface area contributed by atoms with E-state index in [1.54, 1.807) is 27.6 Å². The molecule has 4 rings (SSSR count). The van der Waals surface area contributed by atoms with E-state index in [0.29, 0.717) is 45.6 Å². The van der Waals surface area contributed by atoms with E-state index in [0.717, 1.165) is 32.4 Å². The molecule has 0 saturated carbocycles. The van der Waals surface area contributed by atoms with Crippen LogP contribution in [-0.2, 0) is 36.6 Å². The van der Waals surface area contributed by atoms with Crippen LogP contribution in [0, 0.1) is 10.8 Å². The van der Waals surface area contributed by atoms with Crippen molar-refractivity contribution in [2.75, 3.05) is 39.4 Å². The molecule has 2 aliphatic heterocycles. The number of nitrogens with one attached hydrogen (secondary N) is 1. The first-order valence-corrected chi connectivity index (χ1v) is 16.4. The van der Waals surface area contributed by atoms with Gasteiger partial charge in [-0.15, -0.1) is 22.7 Å². The lowest BCUT2D eigenvalue weighted by Crippen LogP contribution is -2.49. The van der Waals surface area contributed by atoms with Crippen LogP contribution in [0.2, 0.25) is 0 Å². The Morgan fingerprint density at radius 2 is 1.29 bits per heavy atom. The molecule has 2 aliphatic rings. The Kier molecular flexibility index (Phi) is 12.2. The lowest BCUT2D eigenvalue weighted by Gasteiger charge is -2.40. The molecule has 10 heteroatoms. The van der Waals surface area contributed by atoms with Crippen molar-refractivity contribution in [3.05, 3.63) is 44.8 Å². The third-order valence-corrected chi connectivity index (χ3v) is 9.29. The van der Waals surface area contributed by atoms with Gasteiger partial charge in [-0.3, -0.25) is 9.59 Å². The van der Waals surface area contributed by atoms with Crippen molar-refractivity contribution in [1.29, 1.82) is 0 Å². The van der Waals surface area contributed by atoms with Gasteiger partial charge in [0.15, 0.2) is 0 Å². The maximum absolute atomic E-state index is 12.6. The van der Waals surface area contributed by atoms with Crippen LogP contribution in [0.5, 0.6) is 0 Å². The first-order valence-electron chi connectivity index (χ1n) is 14.6. The van der Waals surface area contributed by atoms with Gasteiger partial charge in [-0.05, 0) is 109 Å². The van der Waals surface area contributed by atoms with Gasteiger partial charge in [0.05, 0.1) is 24.0 Å². The molecule has 0 bridgehead atoms. The zero-order valence-electron chi connectivity index (χ0n) is 25.2. The molecule has 2 aromatic rings. The van der Waals surface area contributed by atoms with Crippen LogP contribution in [0.15, 0.2) is 35.0 Å². The Bertz CT molecular complexity index is 1080. The SMILES string of the molecule is CCOC(=O)C1(Cc2cccs2)CCN(C(=O)OC(C)(C)C)CC1.CCOC(=O)C1(Cc2cccs2)CCNCC1. The van der Waals surface area contributed by atoms with Crippen LogP contribution in [0.3, 0.4) is 0 Å². The van der Waals surface area contributed by atoms with Gasteiger partial charge < -0.3 is 24.4 Å². The van der Waals surface area contributed by atoms with Crippen molar-refractivity contribution in [3.63, 3.8) is 0 Å². The number of ether oxygens (including phenoxy) is 3. The third kappa shape index (κ3) is 9.54. The average molecular weight is 607 g/mol. The zero-order valence-corrected chi connectivity index (χ0v) is 26.8. The van der Waals surface area contributed by atoms with Crippen LogP contribution < -0.4 is 5.32 Å². The molecule has 0 aliphatic carbocycles. The highest BCUT2D eigenvalue weighted by atomic mass is 32.1. The van der Waals surface area contributed by atoms with Gasteiger partial charge in [0.1, 0.15) is 5.60 Å². The molecule has 0 radical (unpaired) electrons. The van der Waals surface area contributed by atoms with Crippen molar-refractivity contribution in [2.45, 2.75) is 78.7 Å². The normalized spacial score (nSPS) is 18.0. The van der Waals surface area contributed by atoms with Crippen molar-refractivity contribution < 1.29 is 28.6 Å². The summed E-state index contributed by atoms with van der Waals surface area (Å²) < 4.78 is 16.0. The molecule has 8 nitrogen and oxygen atoms in total. The molecular weight excluding hydrogens is 560 g/mol. The van der Waals surface area contributed by atoms with Crippen LogP contribution >= 0.6 is 22.7 Å². The molecule has 2 saturated heterocycles. The first kappa shape index (κ1) is 33.1. The topological polar surface area (TPSA) is 94.2 Å². The summed E-state index contributed by atoms with van der Waals surface area (Å²) in [7, 11) is 0. The summed E-state index contributed by atoms with van der Waals surface area (Å²) in [5, 5.41) is 7.39. The smallest absolute Gasteiger partial charge is 0.410 e. The Morgan fingerprint density at radius 3 is 1.68 bits per heavy atom. The Labute approximate surface area is 252 Å². The van der Waals surface area contributed by atoms with Crippen molar-refractivity contribution >= 4 is 40.7 Å². The number of rotatable bonds is 8. The van der Waals surface area contributed by atoms with Crippen LogP contribution in [0.25, 0.3) is 0 Å². The largest absolute Gasteiger partial charge is 0.466 e. The third-order valence-electron chi connectivity index (χ3n) is 7.54. The Balaban J connectivity index is 0.000000239. The summed E-state index contributed by atoms with van der Waals surface area (Å²) in [6.45, 7) is 13.0. The second-order valence-electron chi connectivity index (χ2n) is 11.7. The number of carbonyl (C=O) groups is 3. The number of esters is 2. The van der Waals surface area contributed by atoms with E-state index < -0.39 is 11.0 Å². The van der Waals surface area contributed by atoms with Crippen molar-refractivity contribution in [3.8, 4) is 0 Å². The molecule has 41 heavy (non-hydrogen) atoms. The summed E-state index contributed by atoms with van der Waals surface area (Å²) in [4.78, 5) is 41.2. The summed E-state index contributed by atoms with van der Waals surface area (Å²) in [6.07, 6.45) is 4.15. The Morgan fingerprint density at radius 1 is 0.829 bits per heavy atom. The maximum atomic E-state index is 12.6. The maximum Gasteiger partial charge on any atom is 0.410 e. The number of hydrogen-bond donors (Lipinski definition) is 1. The minimum absolute atomic E-state index is 0.0186. The van der Waals surface area contributed by atoms with E-state index in [2.05, 4.69) is 16.8 Å². The number of carbonyl (C=O) groups excluding carboxylic acids is 3. The molecule has 0 atom stereocenters. The fourth-order valence-electron chi connectivity index (χ4n) is 5.32. The predicted octanol–water partition coefficient (Wildman–Crippen LogP) is 6.09. The number of piperidine rings is 2. The quantitative estimate of drug-likeness (QED) is 0.287. The molecular formula is C31H46N2O6S2. The number of amides is 1. The van der Waals surface area contributed by atoms with Crippen LogP contribution in [0.4, 0.5) is 4.79 Å². The molecule has 2 fully saturated rings. The molecule has 4 heterocycles. The van der Waals surface area contributed by atoms with E-state index in [1.165, 1.54) is 9.75 Å². The number of likely N-dealkylation sites (tertiary alicyclic amines) is 1. The summed E-state index contributed by atoms with van der Waals surface area (Å²) in [5.41, 5.74) is -1.35. The van der Waals surface area contributed by atoms with Crippen molar-refractivity contribution in [1.82, 2.24) is 10.2 Å². The fraction of sp³-hybridized carbons (Fsp3) is 0.645.